The van der Waals surface area contributed by atoms with Gasteiger partial charge in [0.15, 0.2) is 29.4 Å². The normalized spacial score (nSPS) is 12.7. The van der Waals surface area contributed by atoms with Crippen LogP contribution in [0.5, 0.6) is 0 Å². The Labute approximate surface area is 150 Å². The Hall–Kier alpha value is -2.13. The first-order chi connectivity index (χ1) is 12.6. The van der Waals surface area contributed by atoms with Crippen LogP contribution in [0.1, 0.15) is 24.8 Å². The van der Waals surface area contributed by atoms with Crippen molar-refractivity contribution in [3.8, 4) is 0 Å². The number of carbonyl (C=O) groups is 2. The van der Waals surface area contributed by atoms with E-state index in [1.807, 2.05) is 0 Å². The Kier molecular flexibility index (Phi) is 8.71. The first-order valence-corrected chi connectivity index (χ1v) is 8.95. The fraction of sp³-hybridized carbons (Fsp3) is 0.467. The van der Waals surface area contributed by atoms with E-state index >= 15 is 0 Å². The van der Waals surface area contributed by atoms with Crippen LogP contribution in [0.4, 0.5) is 22.0 Å². The third kappa shape index (κ3) is 6.51. The highest BCUT2D eigenvalue weighted by atomic mass is 31.1. The number of rotatable bonds is 11. The minimum Gasteiger partial charge on any atom is -0.481 e. The molecule has 1 aromatic rings. The molecule has 150 valence electrons. The Morgan fingerprint density at radius 2 is 1.48 bits per heavy atom. The fourth-order valence-electron chi connectivity index (χ4n) is 2.11. The fourth-order valence-corrected chi connectivity index (χ4v) is 3.25. The van der Waals surface area contributed by atoms with Crippen molar-refractivity contribution in [1.29, 1.82) is 0 Å². The molecule has 0 bridgehead atoms. The van der Waals surface area contributed by atoms with Gasteiger partial charge in [-0.3, -0.25) is 9.59 Å². The first-order valence-electron chi connectivity index (χ1n) is 7.58. The standard InChI is InChI=1S/C15H14F5O6P/c16-10-8(11(17)13(19)14(20)12(10)18)2-1-5-26-27(25)6-7(15(23)24)3-4-9(21)22/h7H,1-6H2,(H-,21,22,23,24)/p+1. The van der Waals surface area contributed by atoms with Crippen molar-refractivity contribution in [2.24, 2.45) is 5.92 Å². The van der Waals surface area contributed by atoms with E-state index in [1.54, 1.807) is 0 Å². The van der Waals surface area contributed by atoms with Crippen molar-refractivity contribution in [3.05, 3.63) is 34.6 Å². The van der Waals surface area contributed by atoms with Crippen LogP contribution in [0.15, 0.2) is 0 Å². The molecule has 0 radical (unpaired) electrons. The van der Waals surface area contributed by atoms with E-state index in [9.17, 15) is 36.1 Å². The molecule has 1 aromatic carbocycles. The monoisotopic (exact) mass is 417 g/mol. The van der Waals surface area contributed by atoms with E-state index in [-0.39, 0.29) is 19.4 Å². The predicted octanol–water partition coefficient (Wildman–Crippen LogP) is 3.64. The molecule has 0 saturated heterocycles. The molecule has 0 heterocycles. The summed E-state index contributed by atoms with van der Waals surface area (Å²) in [5.74, 6) is -14.1. The minimum atomic E-state index is -2.52. The van der Waals surface area contributed by atoms with E-state index in [0.717, 1.165) is 0 Å². The molecule has 2 atom stereocenters. The minimum absolute atomic E-state index is 0.244. The molecule has 0 aliphatic heterocycles. The summed E-state index contributed by atoms with van der Waals surface area (Å²) >= 11 is 0. The first kappa shape index (κ1) is 22.9. The van der Waals surface area contributed by atoms with Crippen molar-refractivity contribution in [3.63, 3.8) is 0 Å². The summed E-state index contributed by atoms with van der Waals surface area (Å²) in [6.45, 7) is -0.389. The van der Waals surface area contributed by atoms with Gasteiger partial charge in [0.25, 0.3) is 0 Å². The summed E-state index contributed by atoms with van der Waals surface area (Å²) in [7, 11) is -2.52. The van der Waals surface area contributed by atoms with Crippen LogP contribution < -0.4 is 0 Å². The SMILES string of the molecule is O=C(O)CCC(C[P+](=O)OCCCc1c(F)c(F)c(F)c(F)c1F)C(=O)O. The highest BCUT2D eigenvalue weighted by Gasteiger charge is 2.31. The average Bonchev–Trinajstić information content (AvgIpc) is 2.60. The van der Waals surface area contributed by atoms with E-state index in [4.69, 9.17) is 14.7 Å². The van der Waals surface area contributed by atoms with Crippen molar-refractivity contribution in [2.45, 2.75) is 25.7 Å². The number of aliphatic carboxylic acids is 2. The lowest BCUT2D eigenvalue weighted by atomic mass is 10.1. The molecular weight excluding hydrogens is 402 g/mol. The van der Waals surface area contributed by atoms with Crippen LogP contribution in [0, 0.1) is 35.0 Å². The quantitative estimate of drug-likeness (QED) is 0.188. The third-order valence-electron chi connectivity index (χ3n) is 3.53. The smallest absolute Gasteiger partial charge is 0.481 e. The van der Waals surface area contributed by atoms with Crippen molar-refractivity contribution >= 4 is 20.0 Å². The van der Waals surface area contributed by atoms with Gasteiger partial charge >= 0.3 is 20.0 Å². The topological polar surface area (TPSA) is 101 Å². The van der Waals surface area contributed by atoms with Crippen molar-refractivity contribution in [2.75, 3.05) is 12.8 Å². The zero-order chi connectivity index (χ0) is 20.7. The third-order valence-corrected chi connectivity index (χ3v) is 4.74. The Balaban J connectivity index is 2.56. The van der Waals surface area contributed by atoms with Gasteiger partial charge in [0.05, 0.1) is 0 Å². The second kappa shape index (κ2) is 10.3. The highest BCUT2D eigenvalue weighted by molar-refractivity contribution is 7.39. The maximum absolute atomic E-state index is 13.5. The number of carboxylic acids is 2. The molecule has 6 nitrogen and oxygen atoms in total. The van der Waals surface area contributed by atoms with Crippen LogP contribution in [0.2, 0.25) is 0 Å². The molecule has 0 aliphatic carbocycles. The van der Waals surface area contributed by atoms with Crippen LogP contribution in [-0.2, 0) is 25.1 Å². The van der Waals surface area contributed by atoms with Gasteiger partial charge in [-0.05, 0) is 23.8 Å². The summed E-state index contributed by atoms with van der Waals surface area (Å²) in [5.41, 5.74) is -1.03. The summed E-state index contributed by atoms with van der Waals surface area (Å²) in [4.78, 5) is 21.4. The van der Waals surface area contributed by atoms with Crippen LogP contribution in [0.3, 0.4) is 0 Å². The van der Waals surface area contributed by atoms with Gasteiger partial charge < -0.3 is 10.2 Å². The molecule has 0 saturated carbocycles. The zero-order valence-electron chi connectivity index (χ0n) is 13.7. The zero-order valence-corrected chi connectivity index (χ0v) is 14.6. The van der Waals surface area contributed by atoms with Gasteiger partial charge in [0, 0.05) is 12.0 Å². The second-order valence-electron chi connectivity index (χ2n) is 5.47. The summed E-state index contributed by atoms with van der Waals surface area (Å²) in [6, 6.07) is 0. The van der Waals surface area contributed by atoms with Gasteiger partial charge in [-0.15, -0.1) is 4.52 Å². The molecule has 0 fully saturated rings. The van der Waals surface area contributed by atoms with Gasteiger partial charge in [-0.25, -0.2) is 22.0 Å². The summed E-state index contributed by atoms with van der Waals surface area (Å²) in [5, 5.41) is 17.5. The summed E-state index contributed by atoms with van der Waals surface area (Å²) in [6.07, 6.45) is -2.01. The average molecular weight is 417 g/mol. The molecule has 0 aliphatic rings. The van der Waals surface area contributed by atoms with E-state index in [1.165, 1.54) is 0 Å². The summed E-state index contributed by atoms with van der Waals surface area (Å²) < 4.78 is 82.5. The predicted molar refractivity (Wildman–Crippen MR) is 81.0 cm³/mol. The highest BCUT2D eigenvalue weighted by Crippen LogP contribution is 2.29. The maximum atomic E-state index is 13.5. The van der Waals surface area contributed by atoms with Gasteiger partial charge in [0.2, 0.25) is 5.82 Å². The number of hydrogen-bond donors (Lipinski definition) is 2. The molecule has 2 unspecified atom stereocenters. The largest absolute Gasteiger partial charge is 0.508 e. The lowest BCUT2D eigenvalue weighted by molar-refractivity contribution is -0.142. The van der Waals surface area contributed by atoms with E-state index in [2.05, 4.69) is 0 Å². The molecule has 12 heteroatoms. The lowest BCUT2D eigenvalue weighted by Crippen LogP contribution is -2.18. The second-order valence-corrected chi connectivity index (χ2v) is 6.76. The van der Waals surface area contributed by atoms with E-state index < -0.39 is 79.5 Å². The van der Waals surface area contributed by atoms with Crippen molar-refractivity contribution < 1.29 is 50.8 Å². The van der Waals surface area contributed by atoms with Crippen LogP contribution in [0.25, 0.3) is 0 Å². The van der Waals surface area contributed by atoms with Gasteiger partial charge in [0.1, 0.15) is 12.5 Å². The molecule has 27 heavy (non-hydrogen) atoms. The lowest BCUT2D eigenvalue weighted by Gasteiger charge is -2.07. The Bertz CT molecular complexity index is 713. The van der Waals surface area contributed by atoms with Crippen molar-refractivity contribution in [1.82, 2.24) is 0 Å². The van der Waals surface area contributed by atoms with E-state index in [0.29, 0.717) is 0 Å². The molecule has 2 N–H and O–H groups in total. The number of carboxylic acid groups (broad SMARTS) is 2. The number of benzene rings is 1. The molecule has 0 spiro atoms. The van der Waals surface area contributed by atoms with Gasteiger partial charge in [-0.1, -0.05) is 0 Å². The molecule has 0 aromatic heterocycles. The molecule has 0 amide bonds. The van der Waals surface area contributed by atoms with Gasteiger partial charge in [-0.2, -0.15) is 0 Å². The number of halogens is 5. The Morgan fingerprint density at radius 3 is 1.96 bits per heavy atom. The maximum Gasteiger partial charge on any atom is 0.508 e. The van der Waals surface area contributed by atoms with Crippen LogP contribution in [-0.4, -0.2) is 34.9 Å². The molecular formula is C15H15F5O6P+. The van der Waals surface area contributed by atoms with Crippen LogP contribution >= 0.6 is 8.03 Å². The number of hydrogen-bond acceptors (Lipinski definition) is 4. The molecule has 1 rings (SSSR count). The Morgan fingerprint density at radius 1 is 0.963 bits per heavy atom.